The number of aryl methyl sites for hydroxylation is 1. The Kier molecular flexibility index (Phi) is 3.25. The first-order valence-electron chi connectivity index (χ1n) is 7.20. The predicted octanol–water partition coefficient (Wildman–Crippen LogP) is 2.76. The molecule has 1 saturated carbocycles. The standard InChI is InChI=1S/C15H22N2O/c1-11-9-13(18)10-14(16-11)15-7-4-8-17(15)12-5-2-3-6-12/h9-10,12,15H,2-8H2,1H3,(H,16,18). The number of aromatic nitrogens is 1. The fraction of sp³-hybridized carbons (Fsp3) is 0.667. The lowest BCUT2D eigenvalue weighted by molar-refractivity contribution is 0.179. The molecule has 3 heteroatoms. The third-order valence-electron chi connectivity index (χ3n) is 4.44. The summed E-state index contributed by atoms with van der Waals surface area (Å²) in [6, 6.07) is 4.67. The minimum absolute atomic E-state index is 0.138. The van der Waals surface area contributed by atoms with Crippen LogP contribution in [0.4, 0.5) is 0 Å². The first kappa shape index (κ1) is 12.0. The molecule has 1 aliphatic carbocycles. The Morgan fingerprint density at radius 2 is 1.94 bits per heavy atom. The molecular formula is C15H22N2O. The largest absolute Gasteiger partial charge is 0.361 e. The maximum absolute atomic E-state index is 11.7. The van der Waals surface area contributed by atoms with E-state index in [4.69, 9.17) is 0 Å². The van der Waals surface area contributed by atoms with Gasteiger partial charge in [-0.05, 0) is 39.2 Å². The molecule has 1 unspecified atom stereocenters. The summed E-state index contributed by atoms with van der Waals surface area (Å²) < 4.78 is 0. The lowest BCUT2D eigenvalue weighted by Gasteiger charge is -2.30. The molecule has 1 aromatic rings. The molecule has 18 heavy (non-hydrogen) atoms. The maximum atomic E-state index is 11.7. The maximum Gasteiger partial charge on any atom is 0.182 e. The van der Waals surface area contributed by atoms with Crippen LogP contribution in [0.15, 0.2) is 16.9 Å². The van der Waals surface area contributed by atoms with Gasteiger partial charge in [-0.25, -0.2) is 0 Å². The van der Waals surface area contributed by atoms with E-state index < -0.39 is 0 Å². The fourth-order valence-electron chi connectivity index (χ4n) is 3.68. The minimum Gasteiger partial charge on any atom is -0.361 e. The summed E-state index contributed by atoms with van der Waals surface area (Å²) in [5, 5.41) is 0. The van der Waals surface area contributed by atoms with Gasteiger partial charge in [0.15, 0.2) is 5.43 Å². The Bertz CT molecular complexity index is 474. The van der Waals surface area contributed by atoms with Crippen molar-refractivity contribution in [3.05, 3.63) is 33.7 Å². The smallest absolute Gasteiger partial charge is 0.182 e. The molecule has 0 aromatic carbocycles. The van der Waals surface area contributed by atoms with Gasteiger partial charge < -0.3 is 4.98 Å². The fourth-order valence-corrected chi connectivity index (χ4v) is 3.68. The average molecular weight is 246 g/mol. The number of nitrogens with one attached hydrogen (secondary N) is 1. The molecule has 1 aromatic heterocycles. The van der Waals surface area contributed by atoms with Crippen LogP contribution in [-0.2, 0) is 0 Å². The van der Waals surface area contributed by atoms with Crippen LogP contribution in [0, 0.1) is 6.92 Å². The van der Waals surface area contributed by atoms with Crippen molar-refractivity contribution in [3.63, 3.8) is 0 Å². The molecule has 3 nitrogen and oxygen atoms in total. The summed E-state index contributed by atoms with van der Waals surface area (Å²) in [6.45, 7) is 3.17. The first-order valence-corrected chi connectivity index (χ1v) is 7.20. The molecule has 1 N–H and O–H groups in total. The third-order valence-corrected chi connectivity index (χ3v) is 4.44. The van der Waals surface area contributed by atoms with E-state index in [0.717, 1.165) is 17.4 Å². The van der Waals surface area contributed by atoms with Crippen molar-refractivity contribution in [1.82, 2.24) is 9.88 Å². The van der Waals surface area contributed by atoms with Crippen molar-refractivity contribution in [2.24, 2.45) is 0 Å². The van der Waals surface area contributed by atoms with Crippen LogP contribution in [0.2, 0.25) is 0 Å². The van der Waals surface area contributed by atoms with E-state index in [1.165, 1.54) is 45.1 Å². The summed E-state index contributed by atoms with van der Waals surface area (Å²) in [5.74, 6) is 0. The predicted molar refractivity (Wildman–Crippen MR) is 72.7 cm³/mol. The van der Waals surface area contributed by atoms with Crippen molar-refractivity contribution in [2.75, 3.05) is 6.54 Å². The van der Waals surface area contributed by atoms with Gasteiger partial charge in [0.25, 0.3) is 0 Å². The molecule has 1 aliphatic heterocycles. The number of H-pyrrole nitrogens is 1. The van der Waals surface area contributed by atoms with Crippen LogP contribution in [-0.4, -0.2) is 22.5 Å². The Morgan fingerprint density at radius 3 is 2.67 bits per heavy atom. The highest BCUT2D eigenvalue weighted by molar-refractivity contribution is 5.15. The number of hydrogen-bond donors (Lipinski definition) is 1. The van der Waals surface area contributed by atoms with Gasteiger partial charge in [-0.2, -0.15) is 0 Å². The Hall–Kier alpha value is -1.09. The minimum atomic E-state index is 0.138. The van der Waals surface area contributed by atoms with E-state index in [1.807, 2.05) is 6.92 Å². The summed E-state index contributed by atoms with van der Waals surface area (Å²) >= 11 is 0. The molecule has 2 aliphatic rings. The van der Waals surface area contributed by atoms with Crippen LogP contribution in [0.5, 0.6) is 0 Å². The lowest BCUT2D eigenvalue weighted by Crippen LogP contribution is -2.33. The first-order chi connectivity index (χ1) is 8.74. The van der Waals surface area contributed by atoms with Crippen LogP contribution in [0.25, 0.3) is 0 Å². The molecule has 0 radical (unpaired) electrons. The van der Waals surface area contributed by atoms with E-state index in [1.54, 1.807) is 12.1 Å². The number of aromatic amines is 1. The van der Waals surface area contributed by atoms with Crippen molar-refractivity contribution < 1.29 is 0 Å². The molecule has 2 heterocycles. The van der Waals surface area contributed by atoms with Crippen molar-refractivity contribution >= 4 is 0 Å². The Labute approximate surface area is 108 Å². The summed E-state index contributed by atoms with van der Waals surface area (Å²) in [5.41, 5.74) is 2.25. The van der Waals surface area contributed by atoms with Crippen molar-refractivity contribution in [1.29, 1.82) is 0 Å². The highest BCUT2D eigenvalue weighted by atomic mass is 16.1. The highest BCUT2D eigenvalue weighted by Gasteiger charge is 2.33. The summed E-state index contributed by atoms with van der Waals surface area (Å²) in [6.07, 6.45) is 7.88. The van der Waals surface area contributed by atoms with E-state index in [0.29, 0.717) is 6.04 Å². The van der Waals surface area contributed by atoms with Gasteiger partial charge in [0, 0.05) is 29.6 Å². The summed E-state index contributed by atoms with van der Waals surface area (Å²) in [7, 11) is 0. The second-order valence-corrected chi connectivity index (χ2v) is 5.79. The zero-order chi connectivity index (χ0) is 12.5. The van der Waals surface area contributed by atoms with Gasteiger partial charge in [0.2, 0.25) is 0 Å². The molecule has 1 saturated heterocycles. The van der Waals surface area contributed by atoms with E-state index in [2.05, 4.69) is 9.88 Å². The molecular weight excluding hydrogens is 224 g/mol. The molecule has 0 bridgehead atoms. The zero-order valence-corrected chi connectivity index (χ0v) is 11.1. The molecule has 98 valence electrons. The average Bonchev–Trinajstić information content (AvgIpc) is 2.98. The molecule has 1 atom stereocenters. The second kappa shape index (κ2) is 4.88. The van der Waals surface area contributed by atoms with Crippen LogP contribution >= 0.6 is 0 Å². The van der Waals surface area contributed by atoms with Gasteiger partial charge in [0.05, 0.1) is 6.04 Å². The van der Waals surface area contributed by atoms with Crippen LogP contribution in [0.1, 0.15) is 56.0 Å². The third kappa shape index (κ3) is 2.24. The molecule has 0 amide bonds. The monoisotopic (exact) mass is 246 g/mol. The quantitative estimate of drug-likeness (QED) is 0.871. The van der Waals surface area contributed by atoms with E-state index in [9.17, 15) is 4.79 Å². The van der Waals surface area contributed by atoms with Crippen LogP contribution in [0.3, 0.4) is 0 Å². The number of likely N-dealkylation sites (tertiary alicyclic amines) is 1. The molecule has 3 rings (SSSR count). The number of rotatable bonds is 2. The normalized spacial score (nSPS) is 25.9. The lowest BCUT2D eigenvalue weighted by atomic mass is 10.1. The van der Waals surface area contributed by atoms with Gasteiger partial charge in [-0.1, -0.05) is 12.8 Å². The molecule has 0 spiro atoms. The number of hydrogen-bond acceptors (Lipinski definition) is 2. The van der Waals surface area contributed by atoms with Gasteiger partial charge in [-0.3, -0.25) is 9.69 Å². The Balaban J connectivity index is 1.87. The van der Waals surface area contributed by atoms with E-state index in [-0.39, 0.29) is 5.43 Å². The van der Waals surface area contributed by atoms with Crippen molar-refractivity contribution in [2.45, 2.75) is 57.5 Å². The van der Waals surface area contributed by atoms with E-state index >= 15 is 0 Å². The van der Waals surface area contributed by atoms with Gasteiger partial charge >= 0.3 is 0 Å². The number of pyridine rings is 1. The Morgan fingerprint density at radius 1 is 1.17 bits per heavy atom. The summed E-state index contributed by atoms with van der Waals surface area (Å²) in [4.78, 5) is 17.7. The zero-order valence-electron chi connectivity index (χ0n) is 11.1. The second-order valence-electron chi connectivity index (χ2n) is 5.79. The van der Waals surface area contributed by atoms with Crippen molar-refractivity contribution in [3.8, 4) is 0 Å². The van der Waals surface area contributed by atoms with Gasteiger partial charge in [-0.15, -0.1) is 0 Å². The topological polar surface area (TPSA) is 36.1 Å². The molecule has 2 fully saturated rings. The number of nitrogens with zero attached hydrogens (tertiary/aromatic N) is 1. The van der Waals surface area contributed by atoms with Gasteiger partial charge in [0.1, 0.15) is 0 Å². The highest BCUT2D eigenvalue weighted by Crippen LogP contribution is 2.37. The SMILES string of the molecule is Cc1cc(=O)cc(C2CCCN2C2CCCC2)[nH]1. The van der Waals surface area contributed by atoms with Crippen LogP contribution < -0.4 is 5.43 Å².